The Morgan fingerprint density at radius 3 is 2.12 bits per heavy atom. The van der Waals surface area contributed by atoms with Crippen LogP contribution in [0.3, 0.4) is 0 Å². The van der Waals surface area contributed by atoms with Crippen LogP contribution < -0.4 is 15.1 Å². The Balaban J connectivity index is 0.789. The molecule has 2 N–H and O–H groups in total. The molecule has 4 fully saturated rings. The number of hydrogen-bond donors (Lipinski definition) is 2. The molecule has 2 aliphatic carbocycles. The molecular weight excluding hydrogens is 723 g/mol. The quantitative estimate of drug-likeness (QED) is 0.237. The molecule has 58 heavy (non-hydrogen) atoms. The predicted octanol–water partition coefficient (Wildman–Crippen LogP) is 7.74. The highest BCUT2D eigenvalue weighted by Gasteiger charge is 2.45. The molecule has 3 amide bonds. The molecule has 9 rings (SSSR count). The van der Waals surface area contributed by atoms with Crippen molar-refractivity contribution in [3.05, 3.63) is 88.5 Å². The number of amides is 3. The molecule has 0 radical (unpaired) electrons. The van der Waals surface area contributed by atoms with Gasteiger partial charge < -0.3 is 19.8 Å². The molecule has 9 nitrogen and oxygen atoms in total. The van der Waals surface area contributed by atoms with Gasteiger partial charge in [0.25, 0.3) is 5.91 Å². The summed E-state index contributed by atoms with van der Waals surface area (Å²) in [7, 11) is 0. The van der Waals surface area contributed by atoms with Crippen molar-refractivity contribution in [1.82, 2.24) is 15.1 Å². The van der Waals surface area contributed by atoms with E-state index < -0.39 is 6.04 Å². The van der Waals surface area contributed by atoms with Crippen LogP contribution in [0.15, 0.2) is 60.7 Å². The van der Waals surface area contributed by atoms with Crippen LogP contribution in [0.5, 0.6) is 5.75 Å². The first-order valence-corrected chi connectivity index (χ1v) is 22.2. The molecule has 4 heterocycles. The summed E-state index contributed by atoms with van der Waals surface area (Å²) < 4.78 is 0. The van der Waals surface area contributed by atoms with E-state index in [1.807, 2.05) is 18.2 Å². The zero-order chi connectivity index (χ0) is 40.3. The summed E-state index contributed by atoms with van der Waals surface area (Å²) in [5.41, 5.74) is 9.00. The van der Waals surface area contributed by atoms with Crippen molar-refractivity contribution in [3.63, 3.8) is 0 Å². The van der Waals surface area contributed by atoms with E-state index in [2.05, 4.69) is 90.2 Å². The smallest absolute Gasteiger partial charge is 0.255 e. The van der Waals surface area contributed by atoms with Gasteiger partial charge in [0, 0.05) is 81.6 Å². The zero-order valence-corrected chi connectivity index (χ0v) is 35.1. The van der Waals surface area contributed by atoms with Crippen LogP contribution >= 0.6 is 0 Å². The van der Waals surface area contributed by atoms with Gasteiger partial charge in [0.1, 0.15) is 11.8 Å². The summed E-state index contributed by atoms with van der Waals surface area (Å²) in [6, 6.07) is 21.3. The van der Waals surface area contributed by atoms with Gasteiger partial charge in [-0.15, -0.1) is 0 Å². The number of anilines is 2. The summed E-state index contributed by atoms with van der Waals surface area (Å²) in [5.74, 6) is 2.00. The maximum Gasteiger partial charge on any atom is 0.255 e. The lowest BCUT2D eigenvalue weighted by Crippen LogP contribution is -2.52. The van der Waals surface area contributed by atoms with E-state index in [1.54, 1.807) is 4.90 Å². The summed E-state index contributed by atoms with van der Waals surface area (Å²) in [5, 5.41) is 12.8. The van der Waals surface area contributed by atoms with Crippen molar-refractivity contribution < 1.29 is 19.5 Å². The van der Waals surface area contributed by atoms with E-state index in [1.165, 1.54) is 60.9 Å². The van der Waals surface area contributed by atoms with Gasteiger partial charge >= 0.3 is 0 Å². The van der Waals surface area contributed by atoms with Crippen LogP contribution in [0.1, 0.15) is 118 Å². The molecule has 3 saturated heterocycles. The summed E-state index contributed by atoms with van der Waals surface area (Å²) in [6.07, 6.45) is 9.18. The highest BCUT2D eigenvalue weighted by molar-refractivity contribution is 6.05. The lowest BCUT2D eigenvalue weighted by atomic mass is 9.55. The number of benzene rings is 3. The molecular formula is C49H63N5O4. The van der Waals surface area contributed by atoms with Gasteiger partial charge in [-0.05, 0) is 145 Å². The normalized spacial score (nSPS) is 26.7. The second kappa shape index (κ2) is 15.3. The number of imide groups is 1. The molecule has 0 unspecified atom stereocenters. The monoisotopic (exact) mass is 785 g/mol. The third kappa shape index (κ3) is 7.88. The number of carbonyl (C=O) groups excluding carboxylic acids is 3. The molecule has 3 atom stereocenters. The number of hydrogen-bond acceptors (Lipinski definition) is 7. The average molecular weight is 786 g/mol. The second-order valence-electron chi connectivity index (χ2n) is 20.3. The Bertz CT molecular complexity index is 2030. The van der Waals surface area contributed by atoms with Crippen molar-refractivity contribution in [2.24, 2.45) is 28.6 Å². The Kier molecular flexibility index (Phi) is 10.3. The Hall–Kier alpha value is -4.37. The molecule has 3 aromatic carbocycles. The maximum atomic E-state index is 13.2. The standard InChI is InChI=1S/C49H63N5O4/c1-48(2)27-36(28-49(3,4)31-48)41-12-7-34-26-39(55)11-14-40(34)45(41)33-5-8-37(9-6-33)52-19-17-32(18-20-52)29-51-21-23-53(24-22-51)38-10-13-42-35(25-38)30-54(47(42)58)43-15-16-44(56)50-46(43)57/h5-6,8-11,13-14,25-26,32,36,41,43,45,55H,7,12,15-24,27-31H2,1-4H3,(H,50,56,57)/t41-,43+,45-/m1/s1. The number of piperidine rings is 2. The van der Waals surface area contributed by atoms with Crippen LogP contribution in [0.4, 0.5) is 11.4 Å². The third-order valence-electron chi connectivity index (χ3n) is 14.8. The first kappa shape index (κ1) is 39.1. The van der Waals surface area contributed by atoms with Crippen molar-refractivity contribution >= 4 is 29.1 Å². The highest BCUT2D eigenvalue weighted by Crippen LogP contribution is 2.56. The number of piperazine rings is 1. The molecule has 1 saturated carbocycles. The molecule has 308 valence electrons. The molecule has 0 bridgehead atoms. The van der Waals surface area contributed by atoms with Gasteiger partial charge in [-0.2, -0.15) is 0 Å². The van der Waals surface area contributed by atoms with Gasteiger partial charge in [-0.25, -0.2) is 0 Å². The third-order valence-corrected chi connectivity index (χ3v) is 14.8. The van der Waals surface area contributed by atoms with Crippen molar-refractivity contribution in [2.75, 3.05) is 55.6 Å². The van der Waals surface area contributed by atoms with E-state index in [9.17, 15) is 19.5 Å². The maximum absolute atomic E-state index is 13.2. The Morgan fingerprint density at radius 1 is 0.724 bits per heavy atom. The SMILES string of the molecule is CC1(C)CC([C@H]2CCc3cc(O)ccc3[C@H]2c2ccc(N3CCC(CN4CCN(c5ccc6c(c5)CN([C@H]5CCC(=O)NC5=O)C6=O)CC4)CC3)cc2)CC(C)(C)C1. The Morgan fingerprint density at radius 2 is 1.41 bits per heavy atom. The minimum atomic E-state index is -0.584. The Labute approximate surface area is 345 Å². The van der Waals surface area contributed by atoms with E-state index in [0.29, 0.717) is 58.8 Å². The van der Waals surface area contributed by atoms with Crippen molar-refractivity contribution in [1.29, 1.82) is 0 Å². The highest BCUT2D eigenvalue weighted by atomic mass is 16.3. The minimum absolute atomic E-state index is 0.117. The van der Waals surface area contributed by atoms with Crippen molar-refractivity contribution in [2.45, 2.75) is 104 Å². The lowest BCUT2D eigenvalue weighted by molar-refractivity contribution is -0.136. The number of nitrogens with one attached hydrogen (secondary N) is 1. The number of aryl methyl sites for hydroxylation is 1. The summed E-state index contributed by atoms with van der Waals surface area (Å²) >= 11 is 0. The molecule has 4 aliphatic heterocycles. The molecule has 6 aliphatic rings. The fourth-order valence-electron chi connectivity index (χ4n) is 12.6. The van der Waals surface area contributed by atoms with Crippen LogP contribution in [-0.2, 0) is 22.6 Å². The molecule has 0 aromatic heterocycles. The fourth-order valence-corrected chi connectivity index (χ4v) is 12.6. The topological polar surface area (TPSA) is 96.4 Å². The van der Waals surface area contributed by atoms with Crippen LogP contribution in [0, 0.1) is 28.6 Å². The van der Waals surface area contributed by atoms with Gasteiger partial charge in [0.15, 0.2) is 0 Å². The largest absolute Gasteiger partial charge is 0.508 e. The van der Waals surface area contributed by atoms with E-state index in [-0.39, 0.29) is 24.1 Å². The number of aromatic hydroxyl groups is 1. The first-order valence-electron chi connectivity index (χ1n) is 22.2. The van der Waals surface area contributed by atoms with Gasteiger partial charge in [0.2, 0.25) is 11.8 Å². The second-order valence-corrected chi connectivity index (χ2v) is 20.3. The number of nitrogens with zero attached hydrogens (tertiary/aromatic N) is 4. The molecule has 0 spiro atoms. The zero-order valence-electron chi connectivity index (χ0n) is 35.1. The number of phenols is 1. The number of rotatable bonds is 7. The van der Waals surface area contributed by atoms with Gasteiger partial charge in [-0.1, -0.05) is 45.9 Å². The average Bonchev–Trinajstić information content (AvgIpc) is 3.51. The van der Waals surface area contributed by atoms with Crippen LogP contribution in [0.2, 0.25) is 0 Å². The van der Waals surface area contributed by atoms with Gasteiger partial charge in [-0.3, -0.25) is 24.6 Å². The minimum Gasteiger partial charge on any atom is -0.508 e. The number of carbonyl (C=O) groups is 3. The van der Waals surface area contributed by atoms with E-state index >= 15 is 0 Å². The predicted molar refractivity (Wildman–Crippen MR) is 229 cm³/mol. The van der Waals surface area contributed by atoms with Crippen LogP contribution in [0.25, 0.3) is 0 Å². The number of fused-ring (bicyclic) bond motifs is 2. The van der Waals surface area contributed by atoms with E-state index in [0.717, 1.165) is 63.5 Å². The summed E-state index contributed by atoms with van der Waals surface area (Å²) in [4.78, 5) is 46.6. The number of phenolic OH excluding ortho intramolecular Hbond substituents is 1. The molecule has 9 heteroatoms. The first-order chi connectivity index (χ1) is 27.8. The van der Waals surface area contributed by atoms with Crippen molar-refractivity contribution in [3.8, 4) is 5.75 Å². The lowest BCUT2D eigenvalue weighted by Gasteiger charge is -2.50. The van der Waals surface area contributed by atoms with Gasteiger partial charge in [0.05, 0.1) is 0 Å². The fraction of sp³-hybridized carbons (Fsp3) is 0.571. The summed E-state index contributed by atoms with van der Waals surface area (Å²) in [6.45, 7) is 17.6. The van der Waals surface area contributed by atoms with E-state index in [4.69, 9.17) is 0 Å². The van der Waals surface area contributed by atoms with Crippen LogP contribution in [-0.4, -0.2) is 84.5 Å². The molecule has 3 aromatic rings.